The van der Waals surface area contributed by atoms with Crippen LogP contribution in [0, 0.1) is 12.7 Å². The van der Waals surface area contributed by atoms with Crippen LogP contribution in [-0.4, -0.2) is 25.0 Å². The second-order valence-corrected chi connectivity index (χ2v) is 3.86. The number of hydrogen-bond donors (Lipinski definition) is 1. The molecule has 2 rings (SSSR count). The highest BCUT2D eigenvalue weighted by Gasteiger charge is 2.14. The van der Waals surface area contributed by atoms with Gasteiger partial charge in [-0.05, 0) is 37.2 Å². The van der Waals surface area contributed by atoms with E-state index in [9.17, 15) is 4.39 Å². The molecule has 0 fully saturated rings. The van der Waals surface area contributed by atoms with E-state index in [4.69, 9.17) is 0 Å². The van der Waals surface area contributed by atoms with Gasteiger partial charge < -0.3 is 10.2 Å². The highest BCUT2D eigenvalue weighted by Crippen LogP contribution is 2.24. The second kappa shape index (κ2) is 3.58. The van der Waals surface area contributed by atoms with Crippen LogP contribution < -0.4 is 5.32 Å². The van der Waals surface area contributed by atoms with Crippen LogP contribution in [0.25, 0.3) is 0 Å². The summed E-state index contributed by atoms with van der Waals surface area (Å²) < 4.78 is 13.3. The molecule has 14 heavy (non-hydrogen) atoms. The number of anilines is 1. The van der Waals surface area contributed by atoms with E-state index in [1.807, 2.05) is 13.0 Å². The fraction of sp³-hybridized carbons (Fsp3) is 0.455. The summed E-state index contributed by atoms with van der Waals surface area (Å²) in [6, 6.07) is 3.36. The van der Waals surface area contributed by atoms with Crippen LogP contribution in [-0.2, 0) is 6.54 Å². The Bertz CT molecular complexity index is 349. The van der Waals surface area contributed by atoms with Crippen molar-refractivity contribution in [2.45, 2.75) is 13.5 Å². The molecule has 0 bridgehead atoms. The standard InChI is InChI=1S/C11H15FN2/c1-8-9-7-14(2)6-5-13-11(9)4-3-10(8)12/h3-4,13H,5-7H2,1-2H3. The first-order valence-corrected chi connectivity index (χ1v) is 4.89. The molecule has 0 saturated carbocycles. The number of likely N-dealkylation sites (N-methyl/N-ethyl adjacent to an activating group) is 1. The van der Waals surface area contributed by atoms with E-state index >= 15 is 0 Å². The number of nitrogens with zero attached hydrogens (tertiary/aromatic N) is 1. The van der Waals surface area contributed by atoms with Gasteiger partial charge in [0, 0.05) is 25.3 Å². The van der Waals surface area contributed by atoms with Crippen molar-refractivity contribution in [3.05, 3.63) is 29.1 Å². The quantitative estimate of drug-likeness (QED) is 0.679. The predicted octanol–water partition coefficient (Wildman–Crippen LogP) is 1.99. The van der Waals surface area contributed by atoms with Crippen molar-refractivity contribution in [2.75, 3.05) is 25.5 Å². The third-order valence-electron chi connectivity index (χ3n) is 2.77. The number of rotatable bonds is 0. The summed E-state index contributed by atoms with van der Waals surface area (Å²) >= 11 is 0. The largest absolute Gasteiger partial charge is 0.383 e. The maximum absolute atomic E-state index is 13.3. The van der Waals surface area contributed by atoms with E-state index in [0.29, 0.717) is 0 Å². The van der Waals surface area contributed by atoms with Crippen molar-refractivity contribution in [2.24, 2.45) is 0 Å². The van der Waals surface area contributed by atoms with Crippen LogP contribution in [0.5, 0.6) is 0 Å². The fourth-order valence-corrected chi connectivity index (χ4v) is 1.83. The molecule has 1 aliphatic rings. The van der Waals surface area contributed by atoms with Crippen LogP contribution in [0.1, 0.15) is 11.1 Å². The molecule has 3 heteroatoms. The van der Waals surface area contributed by atoms with Crippen molar-refractivity contribution in [3.8, 4) is 0 Å². The number of hydrogen-bond acceptors (Lipinski definition) is 2. The fourth-order valence-electron chi connectivity index (χ4n) is 1.83. The first-order valence-electron chi connectivity index (χ1n) is 4.89. The summed E-state index contributed by atoms with van der Waals surface area (Å²) in [7, 11) is 2.06. The first kappa shape index (κ1) is 9.46. The van der Waals surface area contributed by atoms with Crippen molar-refractivity contribution in [3.63, 3.8) is 0 Å². The predicted molar refractivity (Wildman–Crippen MR) is 56.0 cm³/mol. The van der Waals surface area contributed by atoms with Gasteiger partial charge in [-0.2, -0.15) is 0 Å². The minimum atomic E-state index is -0.110. The lowest BCUT2D eigenvalue weighted by molar-refractivity contribution is 0.345. The highest BCUT2D eigenvalue weighted by atomic mass is 19.1. The van der Waals surface area contributed by atoms with Gasteiger partial charge in [-0.3, -0.25) is 0 Å². The lowest BCUT2D eigenvalue weighted by atomic mass is 10.1. The van der Waals surface area contributed by atoms with Crippen molar-refractivity contribution in [1.82, 2.24) is 4.90 Å². The molecule has 0 saturated heterocycles. The van der Waals surface area contributed by atoms with E-state index in [0.717, 1.165) is 36.4 Å². The van der Waals surface area contributed by atoms with Gasteiger partial charge >= 0.3 is 0 Å². The molecule has 0 spiro atoms. The lowest BCUT2D eigenvalue weighted by Crippen LogP contribution is -2.21. The summed E-state index contributed by atoms with van der Waals surface area (Å²) in [5, 5.41) is 3.32. The Hall–Kier alpha value is -1.09. The number of halogens is 1. The molecule has 1 heterocycles. The number of benzene rings is 1. The van der Waals surface area contributed by atoms with Crippen LogP contribution in [0.4, 0.5) is 10.1 Å². The third-order valence-corrected chi connectivity index (χ3v) is 2.77. The molecular weight excluding hydrogens is 179 g/mol. The summed E-state index contributed by atoms with van der Waals surface area (Å²) in [6.45, 7) is 4.59. The maximum Gasteiger partial charge on any atom is 0.126 e. The van der Waals surface area contributed by atoms with E-state index in [-0.39, 0.29) is 5.82 Å². The molecule has 0 radical (unpaired) electrons. The molecule has 1 N–H and O–H groups in total. The molecule has 0 amide bonds. The zero-order valence-corrected chi connectivity index (χ0v) is 8.60. The SMILES string of the molecule is Cc1c(F)ccc2c1CN(C)CCN2. The summed E-state index contributed by atoms with van der Waals surface area (Å²) in [5.41, 5.74) is 2.93. The van der Waals surface area contributed by atoms with Crippen LogP contribution in [0.3, 0.4) is 0 Å². The Balaban J connectivity index is 2.46. The number of nitrogens with one attached hydrogen (secondary N) is 1. The smallest absolute Gasteiger partial charge is 0.126 e. The molecule has 0 aromatic heterocycles. The van der Waals surface area contributed by atoms with E-state index in [2.05, 4.69) is 17.3 Å². The number of fused-ring (bicyclic) bond motifs is 1. The summed E-state index contributed by atoms with van der Waals surface area (Å²) in [5.74, 6) is -0.110. The lowest BCUT2D eigenvalue weighted by Gasteiger charge is -2.14. The van der Waals surface area contributed by atoms with Gasteiger partial charge in [0.25, 0.3) is 0 Å². The van der Waals surface area contributed by atoms with Gasteiger partial charge in [0.15, 0.2) is 0 Å². The molecule has 0 atom stereocenters. The molecule has 1 aromatic carbocycles. The Morgan fingerprint density at radius 2 is 2.21 bits per heavy atom. The minimum absolute atomic E-state index is 0.110. The Morgan fingerprint density at radius 1 is 1.43 bits per heavy atom. The Labute approximate surface area is 83.7 Å². The average Bonchev–Trinajstić information content (AvgIpc) is 2.34. The molecule has 76 valence electrons. The van der Waals surface area contributed by atoms with Gasteiger partial charge in [-0.25, -0.2) is 4.39 Å². The van der Waals surface area contributed by atoms with Crippen LogP contribution in [0.15, 0.2) is 12.1 Å². The van der Waals surface area contributed by atoms with Crippen LogP contribution >= 0.6 is 0 Å². The summed E-state index contributed by atoms with van der Waals surface area (Å²) in [6.07, 6.45) is 0. The van der Waals surface area contributed by atoms with Gasteiger partial charge in [-0.1, -0.05) is 0 Å². The second-order valence-electron chi connectivity index (χ2n) is 3.86. The topological polar surface area (TPSA) is 15.3 Å². The van der Waals surface area contributed by atoms with Gasteiger partial charge in [0.2, 0.25) is 0 Å². The first-order chi connectivity index (χ1) is 6.68. The monoisotopic (exact) mass is 194 g/mol. The van der Waals surface area contributed by atoms with Gasteiger partial charge in [0.1, 0.15) is 5.82 Å². The third kappa shape index (κ3) is 1.60. The molecule has 0 aliphatic carbocycles. The van der Waals surface area contributed by atoms with E-state index in [1.54, 1.807) is 0 Å². The zero-order chi connectivity index (χ0) is 10.1. The van der Waals surface area contributed by atoms with E-state index < -0.39 is 0 Å². The molecule has 2 nitrogen and oxygen atoms in total. The van der Waals surface area contributed by atoms with E-state index in [1.165, 1.54) is 6.07 Å². The molecule has 1 aromatic rings. The molecular formula is C11H15FN2. The van der Waals surface area contributed by atoms with Crippen molar-refractivity contribution >= 4 is 5.69 Å². The average molecular weight is 194 g/mol. The highest BCUT2D eigenvalue weighted by molar-refractivity contribution is 5.55. The minimum Gasteiger partial charge on any atom is -0.383 e. The molecule has 1 aliphatic heterocycles. The van der Waals surface area contributed by atoms with Crippen molar-refractivity contribution < 1.29 is 4.39 Å². The van der Waals surface area contributed by atoms with Crippen molar-refractivity contribution in [1.29, 1.82) is 0 Å². The normalized spacial score (nSPS) is 17.1. The van der Waals surface area contributed by atoms with Gasteiger partial charge in [-0.15, -0.1) is 0 Å². The summed E-state index contributed by atoms with van der Waals surface area (Å²) in [4.78, 5) is 2.20. The molecule has 0 unspecified atom stereocenters. The Kier molecular flexibility index (Phi) is 2.42. The Morgan fingerprint density at radius 3 is 3.00 bits per heavy atom. The maximum atomic E-state index is 13.3. The van der Waals surface area contributed by atoms with Crippen LogP contribution in [0.2, 0.25) is 0 Å². The zero-order valence-electron chi connectivity index (χ0n) is 8.60. The van der Waals surface area contributed by atoms with Gasteiger partial charge in [0.05, 0.1) is 0 Å².